The highest BCUT2D eigenvalue weighted by Gasteiger charge is 2.34. The molecule has 0 saturated carbocycles. The number of amides is 1. The van der Waals surface area contributed by atoms with Gasteiger partial charge < -0.3 is 15.7 Å². The Balaban J connectivity index is 1.89. The van der Waals surface area contributed by atoms with E-state index in [1.54, 1.807) is 12.1 Å². The SMILES string of the molecule is CC(C(=O)N[C@@H]1C[C@@H](C(=O)O)Nc2cc(Cl)cc(Cl)c21)c1ccccc1. The Bertz CT molecular complexity index is 842. The molecule has 26 heavy (non-hydrogen) atoms. The van der Waals surface area contributed by atoms with Crippen LogP contribution in [-0.4, -0.2) is 23.0 Å². The van der Waals surface area contributed by atoms with Crippen LogP contribution in [0.5, 0.6) is 0 Å². The third-order valence-electron chi connectivity index (χ3n) is 4.55. The van der Waals surface area contributed by atoms with Crippen molar-refractivity contribution >= 4 is 40.8 Å². The molecule has 1 amide bonds. The summed E-state index contributed by atoms with van der Waals surface area (Å²) < 4.78 is 0. The normalized spacial score (nSPS) is 19.8. The molecule has 5 nitrogen and oxygen atoms in total. The maximum atomic E-state index is 12.7. The van der Waals surface area contributed by atoms with Crippen LogP contribution in [0, 0.1) is 0 Å². The van der Waals surface area contributed by atoms with Crippen LogP contribution < -0.4 is 10.6 Å². The molecule has 0 bridgehead atoms. The van der Waals surface area contributed by atoms with Crippen LogP contribution in [0.25, 0.3) is 0 Å². The van der Waals surface area contributed by atoms with Gasteiger partial charge in [0.2, 0.25) is 5.91 Å². The number of carbonyl (C=O) groups excluding carboxylic acids is 1. The molecule has 3 atom stereocenters. The number of rotatable bonds is 4. The zero-order valence-corrected chi connectivity index (χ0v) is 15.5. The molecular weight excluding hydrogens is 375 g/mol. The summed E-state index contributed by atoms with van der Waals surface area (Å²) in [4.78, 5) is 24.2. The van der Waals surface area contributed by atoms with Gasteiger partial charge in [-0.3, -0.25) is 4.79 Å². The number of carboxylic acids is 1. The summed E-state index contributed by atoms with van der Waals surface area (Å²) in [5.41, 5.74) is 2.07. The van der Waals surface area contributed by atoms with Crippen molar-refractivity contribution in [3.63, 3.8) is 0 Å². The molecule has 0 aromatic heterocycles. The zero-order chi connectivity index (χ0) is 18.8. The topological polar surface area (TPSA) is 78.4 Å². The quantitative estimate of drug-likeness (QED) is 0.727. The maximum Gasteiger partial charge on any atom is 0.326 e. The fourth-order valence-corrected chi connectivity index (χ4v) is 3.77. The lowest BCUT2D eigenvalue weighted by Crippen LogP contribution is -2.42. The summed E-state index contributed by atoms with van der Waals surface area (Å²) in [6.45, 7) is 1.81. The number of anilines is 1. The Hall–Kier alpha value is -2.24. The molecule has 2 aromatic rings. The molecule has 0 fully saturated rings. The summed E-state index contributed by atoms with van der Waals surface area (Å²) in [6, 6.07) is 11.3. The number of nitrogens with one attached hydrogen (secondary N) is 2. The van der Waals surface area contributed by atoms with E-state index in [1.165, 1.54) is 0 Å². The van der Waals surface area contributed by atoms with Gasteiger partial charge >= 0.3 is 5.97 Å². The van der Waals surface area contributed by atoms with Gasteiger partial charge in [0.1, 0.15) is 6.04 Å². The number of aliphatic carboxylic acids is 1. The highest BCUT2D eigenvalue weighted by molar-refractivity contribution is 6.35. The summed E-state index contributed by atoms with van der Waals surface area (Å²) in [6.07, 6.45) is 0.191. The molecule has 1 heterocycles. The second-order valence-electron chi connectivity index (χ2n) is 6.31. The van der Waals surface area contributed by atoms with Gasteiger partial charge in [0.15, 0.2) is 0 Å². The molecule has 0 aliphatic carbocycles. The second-order valence-corrected chi connectivity index (χ2v) is 7.16. The first-order valence-corrected chi connectivity index (χ1v) is 8.96. The van der Waals surface area contributed by atoms with E-state index < -0.39 is 18.1 Å². The van der Waals surface area contributed by atoms with Gasteiger partial charge in [-0.2, -0.15) is 0 Å². The second kappa shape index (κ2) is 7.56. The molecule has 7 heteroatoms. The van der Waals surface area contributed by atoms with Gasteiger partial charge in [-0.05, 0) is 24.6 Å². The zero-order valence-electron chi connectivity index (χ0n) is 14.0. The summed E-state index contributed by atoms with van der Waals surface area (Å²) >= 11 is 12.4. The molecule has 0 saturated heterocycles. The standard InChI is InChI=1S/C19H18Cl2N2O3/c1-10(11-5-3-2-4-6-11)18(24)23-15-9-16(19(25)26)22-14-8-12(20)7-13(21)17(14)15/h2-8,10,15-16,22H,9H2,1H3,(H,23,24)(H,25,26)/t10?,15-,16+/m1/s1. The minimum Gasteiger partial charge on any atom is -0.480 e. The van der Waals surface area contributed by atoms with Crippen LogP contribution in [0.3, 0.4) is 0 Å². The molecule has 136 valence electrons. The molecule has 1 aliphatic rings. The first kappa shape index (κ1) is 18.5. The first-order valence-electron chi connectivity index (χ1n) is 8.20. The van der Waals surface area contributed by atoms with E-state index in [-0.39, 0.29) is 18.2 Å². The highest BCUT2D eigenvalue weighted by Crippen LogP contribution is 2.40. The molecule has 2 aromatic carbocycles. The highest BCUT2D eigenvalue weighted by atomic mass is 35.5. The smallest absolute Gasteiger partial charge is 0.326 e. The Labute approximate surface area is 161 Å². The van der Waals surface area contributed by atoms with Gasteiger partial charge in [-0.25, -0.2) is 4.79 Å². The van der Waals surface area contributed by atoms with Gasteiger partial charge in [0.05, 0.1) is 12.0 Å². The Morgan fingerprint density at radius 1 is 1.23 bits per heavy atom. The van der Waals surface area contributed by atoms with Crippen molar-refractivity contribution in [2.75, 3.05) is 5.32 Å². The van der Waals surface area contributed by atoms with Crippen molar-refractivity contribution in [3.05, 3.63) is 63.6 Å². The number of hydrogen-bond acceptors (Lipinski definition) is 3. The lowest BCUT2D eigenvalue weighted by Gasteiger charge is -2.33. The molecule has 1 aliphatic heterocycles. The maximum absolute atomic E-state index is 12.7. The monoisotopic (exact) mass is 392 g/mol. The van der Waals surface area contributed by atoms with E-state index in [0.717, 1.165) is 5.56 Å². The Morgan fingerprint density at radius 2 is 1.92 bits per heavy atom. The van der Waals surface area contributed by atoms with Gasteiger partial charge in [0.25, 0.3) is 0 Å². The Kier molecular flexibility index (Phi) is 5.39. The van der Waals surface area contributed by atoms with Crippen molar-refractivity contribution in [2.24, 2.45) is 0 Å². The fourth-order valence-electron chi connectivity index (χ4n) is 3.14. The number of benzene rings is 2. The fraction of sp³-hybridized carbons (Fsp3) is 0.263. The van der Waals surface area contributed by atoms with Crippen molar-refractivity contribution in [2.45, 2.75) is 31.3 Å². The summed E-state index contributed by atoms with van der Waals surface area (Å²) in [5.74, 6) is -1.56. The van der Waals surface area contributed by atoms with E-state index in [0.29, 0.717) is 21.3 Å². The molecule has 3 N–H and O–H groups in total. The number of carbonyl (C=O) groups is 2. The van der Waals surface area contributed by atoms with Crippen LogP contribution in [0.1, 0.15) is 36.4 Å². The minimum atomic E-state index is -0.998. The summed E-state index contributed by atoms with van der Waals surface area (Å²) in [5, 5.41) is 16.1. The number of carboxylic acid groups (broad SMARTS) is 1. The first-order chi connectivity index (χ1) is 12.4. The van der Waals surface area contributed by atoms with E-state index in [4.69, 9.17) is 23.2 Å². The van der Waals surface area contributed by atoms with Gasteiger partial charge in [-0.1, -0.05) is 53.5 Å². The van der Waals surface area contributed by atoms with Crippen LogP contribution in [0.4, 0.5) is 5.69 Å². The number of fused-ring (bicyclic) bond motifs is 1. The van der Waals surface area contributed by atoms with E-state index >= 15 is 0 Å². The van der Waals surface area contributed by atoms with Crippen LogP contribution in [-0.2, 0) is 9.59 Å². The van der Waals surface area contributed by atoms with Crippen LogP contribution >= 0.6 is 23.2 Å². The molecule has 0 radical (unpaired) electrons. The average molecular weight is 393 g/mol. The van der Waals surface area contributed by atoms with Gasteiger partial charge in [-0.15, -0.1) is 0 Å². The largest absolute Gasteiger partial charge is 0.480 e. The van der Waals surface area contributed by atoms with Crippen molar-refractivity contribution in [3.8, 4) is 0 Å². The minimum absolute atomic E-state index is 0.191. The van der Waals surface area contributed by atoms with Crippen molar-refractivity contribution in [1.29, 1.82) is 0 Å². The average Bonchev–Trinajstić information content (AvgIpc) is 2.60. The predicted octanol–water partition coefficient (Wildman–Crippen LogP) is 4.22. The molecule has 3 rings (SSSR count). The number of halogens is 2. The lowest BCUT2D eigenvalue weighted by atomic mass is 9.91. The number of hydrogen-bond donors (Lipinski definition) is 3. The molecular formula is C19H18Cl2N2O3. The van der Waals surface area contributed by atoms with Crippen LogP contribution in [0.15, 0.2) is 42.5 Å². The third-order valence-corrected chi connectivity index (χ3v) is 5.08. The van der Waals surface area contributed by atoms with Crippen molar-refractivity contribution in [1.82, 2.24) is 5.32 Å². The van der Waals surface area contributed by atoms with Gasteiger partial charge in [0, 0.05) is 27.7 Å². The van der Waals surface area contributed by atoms with E-state index in [2.05, 4.69) is 10.6 Å². The summed E-state index contributed by atoms with van der Waals surface area (Å²) in [7, 11) is 0. The predicted molar refractivity (Wildman–Crippen MR) is 102 cm³/mol. The molecule has 1 unspecified atom stereocenters. The van der Waals surface area contributed by atoms with Crippen LogP contribution in [0.2, 0.25) is 10.0 Å². The van der Waals surface area contributed by atoms with E-state index in [9.17, 15) is 14.7 Å². The third kappa shape index (κ3) is 3.79. The van der Waals surface area contributed by atoms with E-state index in [1.807, 2.05) is 37.3 Å². The lowest BCUT2D eigenvalue weighted by molar-refractivity contribution is -0.138. The van der Waals surface area contributed by atoms with Crippen molar-refractivity contribution < 1.29 is 14.7 Å². The Morgan fingerprint density at radius 3 is 2.58 bits per heavy atom. The molecule has 0 spiro atoms.